The molecule has 108 valence electrons. The molecule has 0 unspecified atom stereocenters. The SMILES string of the molecule is COC(=O)CN(C(=O)c1cncc(O)c1)C1CCCC1. The Bertz CT molecular complexity index is 498. The number of amides is 1. The van der Waals surface area contributed by atoms with Crippen LogP contribution in [0.25, 0.3) is 0 Å². The van der Waals surface area contributed by atoms with Gasteiger partial charge >= 0.3 is 5.97 Å². The van der Waals surface area contributed by atoms with Gasteiger partial charge in [-0.05, 0) is 18.9 Å². The minimum atomic E-state index is -0.446. The zero-order valence-electron chi connectivity index (χ0n) is 11.4. The molecule has 1 heterocycles. The first-order valence-corrected chi connectivity index (χ1v) is 6.63. The second kappa shape index (κ2) is 6.36. The van der Waals surface area contributed by atoms with E-state index in [1.165, 1.54) is 30.5 Å². The number of esters is 1. The molecular weight excluding hydrogens is 260 g/mol. The number of ether oxygens (including phenoxy) is 1. The lowest BCUT2D eigenvalue weighted by molar-refractivity contribution is -0.141. The van der Waals surface area contributed by atoms with Gasteiger partial charge in [0.2, 0.25) is 0 Å². The summed E-state index contributed by atoms with van der Waals surface area (Å²) in [6, 6.07) is 1.40. The lowest BCUT2D eigenvalue weighted by Crippen LogP contribution is -2.42. The summed E-state index contributed by atoms with van der Waals surface area (Å²) in [6.07, 6.45) is 6.52. The second-order valence-electron chi connectivity index (χ2n) is 4.88. The van der Waals surface area contributed by atoms with Crippen molar-refractivity contribution in [1.29, 1.82) is 0 Å². The van der Waals surface area contributed by atoms with Crippen LogP contribution in [0.4, 0.5) is 0 Å². The van der Waals surface area contributed by atoms with Crippen molar-refractivity contribution >= 4 is 11.9 Å². The van der Waals surface area contributed by atoms with Gasteiger partial charge < -0.3 is 14.7 Å². The van der Waals surface area contributed by atoms with E-state index < -0.39 is 5.97 Å². The summed E-state index contributed by atoms with van der Waals surface area (Å²) >= 11 is 0. The van der Waals surface area contributed by atoms with E-state index in [-0.39, 0.29) is 29.8 Å². The predicted octanol–water partition coefficient (Wildman–Crippen LogP) is 1.34. The van der Waals surface area contributed by atoms with E-state index in [1.807, 2.05) is 0 Å². The van der Waals surface area contributed by atoms with E-state index in [4.69, 9.17) is 0 Å². The number of carbonyl (C=O) groups is 2. The Labute approximate surface area is 117 Å². The minimum absolute atomic E-state index is 0.0453. The van der Waals surface area contributed by atoms with Gasteiger partial charge in [0, 0.05) is 12.2 Å². The average Bonchev–Trinajstić information content (AvgIpc) is 2.97. The van der Waals surface area contributed by atoms with Crippen molar-refractivity contribution in [2.24, 2.45) is 0 Å². The van der Waals surface area contributed by atoms with Crippen molar-refractivity contribution in [2.45, 2.75) is 31.7 Å². The molecule has 1 saturated carbocycles. The van der Waals surface area contributed by atoms with E-state index >= 15 is 0 Å². The van der Waals surface area contributed by atoms with Gasteiger partial charge in [-0.25, -0.2) is 0 Å². The van der Waals surface area contributed by atoms with Crippen LogP contribution in [0.5, 0.6) is 5.75 Å². The fraction of sp³-hybridized carbons (Fsp3) is 0.500. The van der Waals surface area contributed by atoms with Gasteiger partial charge in [-0.2, -0.15) is 0 Å². The number of pyridine rings is 1. The molecule has 1 aliphatic carbocycles. The molecule has 0 spiro atoms. The van der Waals surface area contributed by atoms with Crippen LogP contribution in [0.3, 0.4) is 0 Å². The molecule has 6 nitrogen and oxygen atoms in total. The van der Waals surface area contributed by atoms with E-state index in [9.17, 15) is 14.7 Å². The molecule has 0 aliphatic heterocycles. The zero-order valence-corrected chi connectivity index (χ0v) is 11.4. The van der Waals surface area contributed by atoms with Crippen LogP contribution in [0, 0.1) is 0 Å². The fourth-order valence-electron chi connectivity index (χ4n) is 2.50. The van der Waals surface area contributed by atoms with Crippen molar-refractivity contribution in [3.63, 3.8) is 0 Å². The van der Waals surface area contributed by atoms with E-state index in [2.05, 4.69) is 9.72 Å². The Kier molecular flexibility index (Phi) is 4.55. The Morgan fingerprint density at radius 3 is 2.70 bits per heavy atom. The maximum absolute atomic E-state index is 12.5. The monoisotopic (exact) mass is 278 g/mol. The number of hydrogen-bond donors (Lipinski definition) is 1. The quantitative estimate of drug-likeness (QED) is 0.841. The number of aromatic nitrogens is 1. The molecule has 0 bridgehead atoms. The number of methoxy groups -OCH3 is 1. The third kappa shape index (κ3) is 3.26. The number of carbonyl (C=O) groups excluding carboxylic acids is 2. The van der Waals surface area contributed by atoms with Gasteiger partial charge in [-0.15, -0.1) is 0 Å². The molecule has 20 heavy (non-hydrogen) atoms. The maximum atomic E-state index is 12.5. The maximum Gasteiger partial charge on any atom is 0.325 e. The highest BCUT2D eigenvalue weighted by Gasteiger charge is 2.29. The summed E-state index contributed by atoms with van der Waals surface area (Å²) in [5, 5.41) is 9.41. The van der Waals surface area contributed by atoms with Crippen LogP contribution in [0.2, 0.25) is 0 Å². The highest BCUT2D eigenvalue weighted by Crippen LogP contribution is 2.25. The minimum Gasteiger partial charge on any atom is -0.506 e. The normalized spacial score (nSPS) is 15.1. The molecule has 0 radical (unpaired) electrons. The Morgan fingerprint density at radius 2 is 2.10 bits per heavy atom. The Hall–Kier alpha value is -2.11. The zero-order chi connectivity index (χ0) is 14.5. The summed E-state index contributed by atoms with van der Waals surface area (Å²) in [4.78, 5) is 29.3. The topological polar surface area (TPSA) is 79.7 Å². The van der Waals surface area contributed by atoms with E-state index in [0.29, 0.717) is 0 Å². The second-order valence-corrected chi connectivity index (χ2v) is 4.88. The molecular formula is C14H18N2O4. The molecule has 1 amide bonds. The van der Waals surface area contributed by atoms with E-state index in [0.717, 1.165) is 25.7 Å². The number of hydrogen-bond acceptors (Lipinski definition) is 5. The van der Waals surface area contributed by atoms with Gasteiger partial charge in [0.15, 0.2) is 0 Å². The van der Waals surface area contributed by atoms with Crippen molar-refractivity contribution in [1.82, 2.24) is 9.88 Å². The molecule has 0 atom stereocenters. The summed E-state index contributed by atoms with van der Waals surface area (Å²) in [7, 11) is 1.30. The van der Waals surface area contributed by atoms with Gasteiger partial charge in [0.25, 0.3) is 5.91 Å². The van der Waals surface area contributed by atoms with Crippen LogP contribution in [0.15, 0.2) is 18.5 Å². The van der Waals surface area contributed by atoms with Gasteiger partial charge in [-0.3, -0.25) is 14.6 Å². The van der Waals surface area contributed by atoms with Crippen LogP contribution in [-0.2, 0) is 9.53 Å². The lowest BCUT2D eigenvalue weighted by atomic mass is 10.1. The third-order valence-corrected chi connectivity index (χ3v) is 3.52. The summed E-state index contributed by atoms with van der Waals surface area (Å²) in [5.41, 5.74) is 0.279. The van der Waals surface area contributed by atoms with Crippen molar-refractivity contribution in [3.05, 3.63) is 24.0 Å². The smallest absolute Gasteiger partial charge is 0.325 e. The molecule has 2 rings (SSSR count). The number of rotatable bonds is 4. The molecule has 1 aromatic heterocycles. The Balaban J connectivity index is 2.20. The largest absolute Gasteiger partial charge is 0.506 e. The van der Waals surface area contributed by atoms with E-state index in [1.54, 1.807) is 0 Å². The number of nitrogens with zero attached hydrogens (tertiary/aromatic N) is 2. The van der Waals surface area contributed by atoms with Gasteiger partial charge in [0.1, 0.15) is 12.3 Å². The number of aromatic hydroxyl groups is 1. The van der Waals surface area contributed by atoms with Crippen LogP contribution in [-0.4, -0.2) is 46.6 Å². The molecule has 0 aromatic carbocycles. The van der Waals surface area contributed by atoms with Crippen LogP contribution in [0.1, 0.15) is 36.0 Å². The molecule has 1 N–H and O–H groups in total. The lowest BCUT2D eigenvalue weighted by Gasteiger charge is -2.27. The van der Waals surface area contributed by atoms with Crippen molar-refractivity contribution in [3.8, 4) is 5.75 Å². The Morgan fingerprint density at radius 1 is 1.40 bits per heavy atom. The standard InChI is InChI=1S/C14H18N2O4/c1-20-13(18)9-16(11-4-2-3-5-11)14(19)10-6-12(17)8-15-7-10/h6-8,11,17H,2-5,9H2,1H3. The van der Waals surface area contributed by atoms with Crippen LogP contribution < -0.4 is 0 Å². The first-order valence-electron chi connectivity index (χ1n) is 6.63. The first-order chi connectivity index (χ1) is 9.61. The van der Waals surface area contributed by atoms with Crippen molar-refractivity contribution < 1.29 is 19.4 Å². The molecule has 1 aromatic rings. The fourth-order valence-corrected chi connectivity index (χ4v) is 2.50. The molecule has 6 heteroatoms. The third-order valence-electron chi connectivity index (χ3n) is 3.52. The average molecular weight is 278 g/mol. The highest BCUT2D eigenvalue weighted by atomic mass is 16.5. The summed E-state index contributed by atoms with van der Waals surface area (Å²) in [5.74, 6) is -0.815. The van der Waals surface area contributed by atoms with Crippen LogP contribution >= 0.6 is 0 Å². The van der Waals surface area contributed by atoms with Crippen molar-refractivity contribution in [2.75, 3.05) is 13.7 Å². The molecule has 0 saturated heterocycles. The van der Waals surface area contributed by atoms with Gasteiger partial charge in [-0.1, -0.05) is 12.8 Å². The molecule has 1 aliphatic rings. The predicted molar refractivity (Wildman–Crippen MR) is 71.2 cm³/mol. The molecule has 1 fully saturated rings. The highest BCUT2D eigenvalue weighted by molar-refractivity contribution is 5.96. The summed E-state index contributed by atoms with van der Waals surface area (Å²) in [6.45, 7) is -0.0738. The summed E-state index contributed by atoms with van der Waals surface area (Å²) < 4.78 is 4.65. The van der Waals surface area contributed by atoms with Gasteiger partial charge in [0.05, 0.1) is 18.9 Å². The first kappa shape index (κ1) is 14.3.